The highest BCUT2D eigenvalue weighted by molar-refractivity contribution is 6.00. The highest BCUT2D eigenvalue weighted by Crippen LogP contribution is 2.44. The maximum absolute atomic E-state index is 2.45. The van der Waals surface area contributed by atoms with Crippen molar-refractivity contribution in [3.05, 3.63) is 297 Å². The summed E-state index contributed by atoms with van der Waals surface area (Å²) in [6, 6.07) is 98.2. The molecule has 12 rings (SSSR count). The van der Waals surface area contributed by atoms with E-state index >= 15 is 0 Å². The molecule has 1 aliphatic carbocycles. The Labute approximate surface area is 428 Å². The van der Waals surface area contributed by atoms with Crippen molar-refractivity contribution >= 4 is 84.1 Å². The Kier molecular flexibility index (Phi) is 12.4. The first kappa shape index (κ1) is 44.8. The van der Waals surface area contributed by atoms with Crippen LogP contribution in [0.25, 0.3) is 32.7 Å². The van der Waals surface area contributed by atoms with Crippen LogP contribution in [0.15, 0.2) is 297 Å². The fraction of sp³-hybridized carbons (Fsp3) is 0.0435. The van der Waals surface area contributed by atoms with Crippen LogP contribution in [0.4, 0.5) is 62.6 Å². The molecular formula is C69H54N4. The van der Waals surface area contributed by atoms with Gasteiger partial charge in [-0.05, 0) is 156 Å². The molecule has 4 nitrogen and oxygen atoms in total. The summed E-state index contributed by atoms with van der Waals surface area (Å²) in [6.45, 7) is 2.32. The molecule has 0 heterocycles. The molecule has 1 aliphatic rings. The van der Waals surface area contributed by atoms with Gasteiger partial charge in [-0.2, -0.15) is 0 Å². The topological polar surface area (TPSA) is 13.0 Å². The van der Waals surface area contributed by atoms with Crippen LogP contribution in [0.1, 0.15) is 13.3 Å². The van der Waals surface area contributed by atoms with E-state index in [0.717, 1.165) is 74.4 Å². The molecule has 0 aliphatic heterocycles. The lowest BCUT2D eigenvalue weighted by atomic mass is 9.96. The number of allylic oxidation sites excluding steroid dienone is 4. The van der Waals surface area contributed by atoms with Crippen LogP contribution in [0.5, 0.6) is 0 Å². The highest BCUT2D eigenvalue weighted by Gasteiger charge is 2.24. The lowest BCUT2D eigenvalue weighted by molar-refractivity contribution is 0.670. The van der Waals surface area contributed by atoms with Crippen molar-refractivity contribution in [3.63, 3.8) is 0 Å². The summed E-state index contributed by atoms with van der Waals surface area (Å²) in [6.07, 6.45) is 7.76. The summed E-state index contributed by atoms with van der Waals surface area (Å²) in [5.41, 5.74) is 15.8. The van der Waals surface area contributed by atoms with E-state index in [9.17, 15) is 0 Å². The molecule has 0 aromatic heterocycles. The number of anilines is 11. The molecule has 0 spiro atoms. The Morgan fingerprint density at radius 1 is 0.288 bits per heavy atom. The van der Waals surface area contributed by atoms with Gasteiger partial charge in [0.25, 0.3) is 0 Å². The average molecular weight is 939 g/mol. The van der Waals surface area contributed by atoms with E-state index in [1.54, 1.807) is 0 Å². The predicted molar refractivity (Wildman–Crippen MR) is 311 cm³/mol. The molecule has 0 bridgehead atoms. The Morgan fingerprint density at radius 2 is 0.603 bits per heavy atom. The molecule has 0 radical (unpaired) electrons. The van der Waals surface area contributed by atoms with Crippen LogP contribution in [0.2, 0.25) is 0 Å². The molecule has 4 heteroatoms. The van der Waals surface area contributed by atoms with Crippen LogP contribution in [0.3, 0.4) is 0 Å². The van der Waals surface area contributed by atoms with Gasteiger partial charge in [-0.1, -0.05) is 171 Å². The van der Waals surface area contributed by atoms with Crippen LogP contribution < -0.4 is 19.6 Å². The maximum Gasteiger partial charge on any atom is 0.0540 e. The van der Waals surface area contributed by atoms with Crippen molar-refractivity contribution in [1.29, 1.82) is 0 Å². The Balaban J connectivity index is 0.843. The normalized spacial score (nSPS) is 13.1. The lowest BCUT2D eigenvalue weighted by Crippen LogP contribution is -2.22. The van der Waals surface area contributed by atoms with Crippen molar-refractivity contribution in [1.82, 2.24) is 0 Å². The monoisotopic (exact) mass is 938 g/mol. The van der Waals surface area contributed by atoms with Gasteiger partial charge in [0.15, 0.2) is 0 Å². The van der Waals surface area contributed by atoms with Gasteiger partial charge in [0, 0.05) is 73.6 Å². The summed E-state index contributed by atoms with van der Waals surface area (Å²) < 4.78 is 0. The number of fused-ring (bicyclic) bond motifs is 2. The first-order valence-corrected chi connectivity index (χ1v) is 25.2. The van der Waals surface area contributed by atoms with Crippen LogP contribution in [-0.2, 0) is 0 Å². The van der Waals surface area contributed by atoms with Gasteiger partial charge in [-0.15, -0.1) is 0 Å². The van der Waals surface area contributed by atoms with Crippen molar-refractivity contribution in [2.24, 2.45) is 5.92 Å². The van der Waals surface area contributed by atoms with Crippen LogP contribution in [0, 0.1) is 5.92 Å². The van der Waals surface area contributed by atoms with E-state index in [-0.39, 0.29) is 0 Å². The van der Waals surface area contributed by atoms with E-state index in [1.165, 1.54) is 32.9 Å². The number of rotatable bonds is 13. The Hall–Kier alpha value is -9.38. The molecule has 0 saturated carbocycles. The van der Waals surface area contributed by atoms with E-state index in [0.29, 0.717) is 5.92 Å². The van der Waals surface area contributed by atoms with Gasteiger partial charge in [-0.25, -0.2) is 0 Å². The quantitative estimate of drug-likeness (QED) is 0.114. The highest BCUT2D eigenvalue weighted by atomic mass is 15.2. The molecule has 0 amide bonds. The summed E-state index contributed by atoms with van der Waals surface area (Å²) in [5, 5.41) is 4.89. The fourth-order valence-corrected chi connectivity index (χ4v) is 10.4. The third kappa shape index (κ3) is 9.03. The first-order valence-electron chi connectivity index (χ1n) is 25.2. The third-order valence-electron chi connectivity index (χ3n) is 14.0. The van der Waals surface area contributed by atoms with Gasteiger partial charge in [0.05, 0.1) is 11.4 Å². The average Bonchev–Trinajstić information content (AvgIpc) is 3.46. The molecule has 11 aromatic carbocycles. The van der Waals surface area contributed by atoms with Gasteiger partial charge in [-0.3, -0.25) is 0 Å². The second-order valence-corrected chi connectivity index (χ2v) is 18.6. The molecule has 350 valence electrons. The maximum atomic E-state index is 2.45. The van der Waals surface area contributed by atoms with Crippen molar-refractivity contribution in [3.8, 4) is 11.1 Å². The van der Waals surface area contributed by atoms with Gasteiger partial charge in [0.2, 0.25) is 0 Å². The molecular weight excluding hydrogens is 885 g/mol. The number of benzene rings is 11. The first-order chi connectivity index (χ1) is 36.1. The van der Waals surface area contributed by atoms with Crippen LogP contribution >= 0.6 is 0 Å². The minimum atomic E-state index is 0.374. The van der Waals surface area contributed by atoms with E-state index in [4.69, 9.17) is 0 Å². The number of hydrogen-bond donors (Lipinski definition) is 0. The number of para-hydroxylation sites is 3. The zero-order valence-electron chi connectivity index (χ0n) is 40.8. The molecule has 1 atom stereocenters. The number of nitrogens with zero attached hydrogens (tertiary/aromatic N) is 4. The molecule has 0 fully saturated rings. The van der Waals surface area contributed by atoms with Gasteiger partial charge >= 0.3 is 0 Å². The number of hydrogen-bond acceptors (Lipinski definition) is 4. The second kappa shape index (κ2) is 20.2. The van der Waals surface area contributed by atoms with Gasteiger partial charge < -0.3 is 19.6 Å². The SMILES string of the molecule is CC1CC=CC=C1N(c1ccc(N(c2ccccc2)c2ccc(-c3ccc(N(c4ccccc4)c4ccc(N(c5ccccc5)c5cccc6ccccc56)cc4)cc3)cc2)cc1)c1cccc2ccccc12. The summed E-state index contributed by atoms with van der Waals surface area (Å²) in [7, 11) is 0. The molecule has 0 N–H and O–H groups in total. The minimum Gasteiger partial charge on any atom is -0.313 e. The van der Waals surface area contributed by atoms with Crippen LogP contribution in [-0.4, -0.2) is 0 Å². The second-order valence-electron chi connectivity index (χ2n) is 18.6. The smallest absolute Gasteiger partial charge is 0.0540 e. The fourth-order valence-electron chi connectivity index (χ4n) is 10.4. The summed E-state index contributed by atoms with van der Waals surface area (Å²) in [5.74, 6) is 0.374. The van der Waals surface area contributed by atoms with Crippen molar-refractivity contribution in [2.45, 2.75) is 13.3 Å². The third-order valence-corrected chi connectivity index (χ3v) is 14.0. The Bertz CT molecular complexity index is 3690. The predicted octanol–water partition coefficient (Wildman–Crippen LogP) is 19.7. The minimum absolute atomic E-state index is 0.374. The van der Waals surface area contributed by atoms with E-state index in [1.807, 2.05) is 0 Å². The van der Waals surface area contributed by atoms with Crippen molar-refractivity contribution < 1.29 is 0 Å². The molecule has 1 unspecified atom stereocenters. The van der Waals surface area contributed by atoms with Crippen molar-refractivity contribution in [2.75, 3.05) is 19.6 Å². The molecule has 73 heavy (non-hydrogen) atoms. The van der Waals surface area contributed by atoms with Gasteiger partial charge in [0.1, 0.15) is 0 Å². The zero-order chi connectivity index (χ0) is 48.9. The zero-order valence-corrected chi connectivity index (χ0v) is 40.8. The lowest BCUT2D eigenvalue weighted by Gasteiger charge is -2.33. The molecule has 11 aromatic rings. The summed E-state index contributed by atoms with van der Waals surface area (Å²) >= 11 is 0. The molecule has 0 saturated heterocycles. The standard InChI is InChI=1S/C69H54N4/c1-51-19-11-16-32-67(51)73(69-34-18-23-55-21-13-15-31-66(55)69)64-49-45-62(46-50-64)71(57-26-7-3-8-27-57)60-41-37-53(38-42-60)52-35-39-59(40-36-52)70(56-24-5-2-6-25-56)61-43-47-63(48-44-61)72(58-28-9-4-10-29-58)68-33-17-22-54-20-12-14-30-65(54)68/h2-18,20-51H,19H2,1H3. The largest absolute Gasteiger partial charge is 0.313 e. The van der Waals surface area contributed by atoms with E-state index < -0.39 is 0 Å². The Morgan fingerprint density at radius 3 is 1.03 bits per heavy atom. The summed E-state index contributed by atoms with van der Waals surface area (Å²) in [4.78, 5) is 9.48. The van der Waals surface area contributed by atoms with E-state index in [2.05, 4.69) is 318 Å².